The van der Waals surface area contributed by atoms with Crippen LogP contribution in [-0.2, 0) is 22.3 Å². The first kappa shape index (κ1) is 19.1. The Bertz CT molecular complexity index is 961. The fraction of sp³-hybridized carbons (Fsp3) is 0.300. The lowest BCUT2D eigenvalue weighted by molar-refractivity contribution is -0.138. The van der Waals surface area contributed by atoms with Crippen molar-refractivity contribution in [3.8, 4) is 11.5 Å². The molecule has 2 aromatic rings. The van der Waals surface area contributed by atoms with E-state index in [1.54, 1.807) is 18.2 Å². The molecule has 0 radical (unpaired) electrons. The second kappa shape index (κ2) is 7.31. The molecule has 0 unspecified atom stereocenters. The highest BCUT2D eigenvalue weighted by Crippen LogP contribution is 2.34. The van der Waals surface area contributed by atoms with E-state index in [0.717, 1.165) is 17.7 Å². The highest BCUT2D eigenvalue weighted by molar-refractivity contribution is 6.09. The number of carbonyl (C=O) groups excluding carboxylic acids is 2. The van der Waals surface area contributed by atoms with Gasteiger partial charge in [-0.2, -0.15) is 13.2 Å². The monoisotopic (exact) mass is 406 g/mol. The average molecular weight is 406 g/mol. The van der Waals surface area contributed by atoms with E-state index in [1.165, 1.54) is 17.0 Å². The third-order valence-corrected chi connectivity index (χ3v) is 4.91. The van der Waals surface area contributed by atoms with Crippen LogP contribution in [-0.4, -0.2) is 25.2 Å². The first-order valence-electron chi connectivity index (χ1n) is 8.98. The average Bonchev–Trinajstić information content (AvgIpc) is 3.31. The van der Waals surface area contributed by atoms with Crippen LogP contribution >= 0.6 is 0 Å². The first-order chi connectivity index (χ1) is 13.8. The normalized spacial score (nSPS) is 18.2. The van der Waals surface area contributed by atoms with Gasteiger partial charge in [-0.05, 0) is 42.3 Å². The molecule has 0 saturated carbocycles. The number of carbonyl (C=O) groups is 2. The van der Waals surface area contributed by atoms with Gasteiger partial charge >= 0.3 is 6.18 Å². The van der Waals surface area contributed by atoms with E-state index >= 15 is 0 Å². The minimum absolute atomic E-state index is 0.135. The molecule has 0 bridgehead atoms. The van der Waals surface area contributed by atoms with Gasteiger partial charge in [0, 0.05) is 18.8 Å². The summed E-state index contributed by atoms with van der Waals surface area (Å²) >= 11 is 0. The van der Waals surface area contributed by atoms with E-state index < -0.39 is 29.5 Å². The van der Waals surface area contributed by atoms with Crippen LogP contribution in [0.3, 0.4) is 0 Å². The third-order valence-electron chi connectivity index (χ3n) is 4.91. The van der Waals surface area contributed by atoms with Gasteiger partial charge < -0.3 is 19.7 Å². The molecule has 2 amide bonds. The van der Waals surface area contributed by atoms with Gasteiger partial charge in [0.05, 0.1) is 5.56 Å². The van der Waals surface area contributed by atoms with Crippen LogP contribution < -0.4 is 19.7 Å². The number of halogens is 3. The van der Waals surface area contributed by atoms with Crippen molar-refractivity contribution in [2.45, 2.75) is 19.1 Å². The SMILES string of the molecule is O=C(NCc1ccc2c(c1)OCO2)[C@H]1CCN(c2cccc(C(F)(F)F)c2)C1=O. The highest BCUT2D eigenvalue weighted by atomic mass is 19.4. The number of hydrogen-bond acceptors (Lipinski definition) is 4. The number of fused-ring (bicyclic) bond motifs is 1. The molecule has 4 rings (SSSR count). The molecule has 1 atom stereocenters. The van der Waals surface area contributed by atoms with E-state index in [-0.39, 0.29) is 32.0 Å². The summed E-state index contributed by atoms with van der Waals surface area (Å²) in [4.78, 5) is 26.3. The first-order valence-corrected chi connectivity index (χ1v) is 8.98. The van der Waals surface area contributed by atoms with Crippen molar-refractivity contribution in [1.82, 2.24) is 5.32 Å². The Kier molecular flexibility index (Phi) is 4.81. The number of anilines is 1. The molecule has 2 aliphatic rings. The molecule has 0 aliphatic carbocycles. The number of rotatable bonds is 4. The summed E-state index contributed by atoms with van der Waals surface area (Å²) in [5.41, 5.74) is 0.0807. The second-order valence-corrected chi connectivity index (χ2v) is 6.78. The minimum Gasteiger partial charge on any atom is -0.454 e. The number of ether oxygens (including phenoxy) is 2. The summed E-state index contributed by atoms with van der Waals surface area (Å²) in [6.07, 6.45) is -4.26. The molecule has 29 heavy (non-hydrogen) atoms. The molecule has 2 aliphatic heterocycles. The van der Waals surface area contributed by atoms with Gasteiger partial charge in [-0.3, -0.25) is 9.59 Å². The Hall–Kier alpha value is -3.23. The summed E-state index contributed by atoms with van der Waals surface area (Å²) in [5.74, 6) is -0.680. The van der Waals surface area contributed by atoms with Crippen LogP contribution in [0.15, 0.2) is 42.5 Å². The Balaban J connectivity index is 1.40. The summed E-state index contributed by atoms with van der Waals surface area (Å²) in [6.45, 7) is 0.526. The molecule has 9 heteroatoms. The van der Waals surface area contributed by atoms with E-state index in [9.17, 15) is 22.8 Å². The Morgan fingerprint density at radius 3 is 2.72 bits per heavy atom. The van der Waals surface area contributed by atoms with Gasteiger partial charge in [-0.25, -0.2) is 0 Å². The van der Waals surface area contributed by atoms with Gasteiger partial charge in [-0.15, -0.1) is 0 Å². The Morgan fingerprint density at radius 1 is 1.14 bits per heavy atom. The van der Waals surface area contributed by atoms with Crippen molar-refractivity contribution in [2.75, 3.05) is 18.2 Å². The Labute approximate surface area is 164 Å². The van der Waals surface area contributed by atoms with E-state index in [4.69, 9.17) is 9.47 Å². The van der Waals surface area contributed by atoms with Crippen LogP contribution in [0.1, 0.15) is 17.5 Å². The fourth-order valence-electron chi connectivity index (χ4n) is 3.39. The van der Waals surface area contributed by atoms with Gasteiger partial charge in [0.1, 0.15) is 5.92 Å². The van der Waals surface area contributed by atoms with Crippen LogP contribution in [0.4, 0.5) is 18.9 Å². The van der Waals surface area contributed by atoms with E-state index in [1.807, 2.05) is 0 Å². The van der Waals surface area contributed by atoms with Crippen LogP contribution in [0, 0.1) is 5.92 Å². The molecule has 152 valence electrons. The molecular weight excluding hydrogens is 389 g/mol. The number of nitrogens with zero attached hydrogens (tertiary/aromatic N) is 1. The zero-order valence-corrected chi connectivity index (χ0v) is 15.2. The van der Waals surface area contributed by atoms with Crippen molar-refractivity contribution >= 4 is 17.5 Å². The van der Waals surface area contributed by atoms with Gasteiger partial charge in [-0.1, -0.05) is 12.1 Å². The minimum atomic E-state index is -4.50. The summed E-state index contributed by atoms with van der Waals surface area (Å²) in [5, 5.41) is 2.71. The lowest BCUT2D eigenvalue weighted by Crippen LogP contribution is -2.36. The maximum atomic E-state index is 12.9. The zero-order chi connectivity index (χ0) is 20.6. The number of benzene rings is 2. The molecule has 2 heterocycles. The summed E-state index contributed by atoms with van der Waals surface area (Å²) in [7, 11) is 0. The molecule has 0 aromatic heterocycles. The van der Waals surface area contributed by atoms with Crippen molar-refractivity contribution in [3.05, 3.63) is 53.6 Å². The lowest BCUT2D eigenvalue weighted by atomic mass is 10.1. The predicted molar refractivity (Wildman–Crippen MR) is 96.3 cm³/mol. The molecular formula is C20H17F3N2O4. The number of nitrogens with one attached hydrogen (secondary N) is 1. The molecule has 1 fully saturated rings. The summed E-state index contributed by atoms with van der Waals surface area (Å²) < 4.78 is 49.3. The molecule has 0 spiro atoms. The van der Waals surface area contributed by atoms with Crippen LogP contribution in [0.2, 0.25) is 0 Å². The fourth-order valence-corrected chi connectivity index (χ4v) is 3.39. The van der Waals surface area contributed by atoms with Gasteiger partial charge in [0.2, 0.25) is 18.6 Å². The second-order valence-electron chi connectivity index (χ2n) is 6.78. The number of hydrogen-bond donors (Lipinski definition) is 1. The maximum Gasteiger partial charge on any atom is 0.416 e. The smallest absolute Gasteiger partial charge is 0.416 e. The molecule has 2 aromatic carbocycles. The largest absolute Gasteiger partial charge is 0.454 e. The lowest BCUT2D eigenvalue weighted by Gasteiger charge is -2.18. The zero-order valence-electron chi connectivity index (χ0n) is 15.2. The number of amides is 2. The highest BCUT2D eigenvalue weighted by Gasteiger charge is 2.38. The molecule has 1 saturated heterocycles. The van der Waals surface area contributed by atoms with Crippen molar-refractivity contribution in [3.63, 3.8) is 0 Å². The van der Waals surface area contributed by atoms with Crippen molar-refractivity contribution in [1.29, 1.82) is 0 Å². The maximum absolute atomic E-state index is 12.9. The number of alkyl halides is 3. The van der Waals surface area contributed by atoms with Crippen LogP contribution in [0.5, 0.6) is 11.5 Å². The van der Waals surface area contributed by atoms with E-state index in [0.29, 0.717) is 11.5 Å². The third kappa shape index (κ3) is 3.85. The van der Waals surface area contributed by atoms with Crippen molar-refractivity contribution < 1.29 is 32.2 Å². The molecule has 1 N–H and O–H groups in total. The predicted octanol–water partition coefficient (Wildman–Crippen LogP) is 3.10. The standard InChI is InChI=1S/C20H17F3N2O4/c21-20(22,23)13-2-1-3-14(9-13)25-7-6-15(19(25)27)18(26)24-10-12-4-5-16-17(8-12)29-11-28-16/h1-5,8-9,15H,6-7,10-11H2,(H,24,26)/t15-/m1/s1. The van der Waals surface area contributed by atoms with Gasteiger partial charge in [0.15, 0.2) is 11.5 Å². The van der Waals surface area contributed by atoms with Gasteiger partial charge in [0.25, 0.3) is 0 Å². The topological polar surface area (TPSA) is 67.9 Å². The summed E-state index contributed by atoms with van der Waals surface area (Å²) in [6, 6.07) is 9.80. The Morgan fingerprint density at radius 2 is 1.93 bits per heavy atom. The van der Waals surface area contributed by atoms with Crippen LogP contribution in [0.25, 0.3) is 0 Å². The quantitative estimate of drug-likeness (QED) is 0.793. The van der Waals surface area contributed by atoms with Crippen molar-refractivity contribution in [2.24, 2.45) is 5.92 Å². The molecule has 6 nitrogen and oxygen atoms in total. The van der Waals surface area contributed by atoms with E-state index in [2.05, 4.69) is 5.32 Å².